The van der Waals surface area contributed by atoms with Crippen LogP contribution in [0.3, 0.4) is 0 Å². The van der Waals surface area contributed by atoms with E-state index in [1.807, 2.05) is 13.8 Å². The number of hydrogen-bond donors (Lipinski definition) is 1. The van der Waals surface area contributed by atoms with Crippen LogP contribution >= 0.6 is 11.6 Å². The number of aryl methyl sites for hydroxylation is 2. The monoisotopic (exact) mass is 292 g/mol. The molecule has 20 heavy (non-hydrogen) atoms. The zero-order valence-corrected chi connectivity index (χ0v) is 12.4. The van der Waals surface area contributed by atoms with Crippen LogP contribution in [0.25, 0.3) is 0 Å². The average molecular weight is 293 g/mol. The van der Waals surface area contributed by atoms with Crippen molar-refractivity contribution in [2.75, 3.05) is 0 Å². The highest BCUT2D eigenvalue weighted by Gasteiger charge is 2.11. The van der Waals surface area contributed by atoms with Crippen molar-refractivity contribution in [2.45, 2.75) is 32.8 Å². The number of benzene rings is 2. The molecular formula is C17H18ClFO. The third kappa shape index (κ3) is 3.81. The van der Waals surface area contributed by atoms with Gasteiger partial charge in [0, 0.05) is 11.4 Å². The molecule has 1 N–H and O–H groups in total. The molecule has 0 fully saturated rings. The molecule has 1 nitrogen and oxygen atoms in total. The molecule has 0 bridgehead atoms. The molecule has 2 rings (SSSR count). The van der Waals surface area contributed by atoms with Crippen LogP contribution in [0.5, 0.6) is 0 Å². The second-order valence-corrected chi connectivity index (χ2v) is 5.63. The molecule has 0 aromatic heterocycles. The Labute approximate surface area is 124 Å². The first-order chi connectivity index (χ1) is 9.45. The number of aliphatic hydroxyl groups excluding tert-OH is 1. The maximum Gasteiger partial charge on any atom is 0.124 e. The van der Waals surface area contributed by atoms with Crippen LogP contribution in [0.2, 0.25) is 5.02 Å². The predicted octanol–water partition coefficient (Wildman–Crippen LogP) is 4.24. The van der Waals surface area contributed by atoms with Gasteiger partial charge in [-0.05, 0) is 49.1 Å². The zero-order chi connectivity index (χ0) is 14.7. The van der Waals surface area contributed by atoms with E-state index in [2.05, 4.69) is 18.2 Å². The fourth-order valence-corrected chi connectivity index (χ4v) is 2.53. The smallest absolute Gasteiger partial charge is 0.124 e. The van der Waals surface area contributed by atoms with E-state index in [0.29, 0.717) is 17.9 Å². The summed E-state index contributed by atoms with van der Waals surface area (Å²) in [6.07, 6.45) is 0.465. The quantitative estimate of drug-likeness (QED) is 0.893. The van der Waals surface area contributed by atoms with Gasteiger partial charge in [0.25, 0.3) is 0 Å². The lowest BCUT2D eigenvalue weighted by Crippen LogP contribution is -2.15. The summed E-state index contributed by atoms with van der Waals surface area (Å²) in [4.78, 5) is 0. The van der Waals surface area contributed by atoms with Crippen LogP contribution in [0, 0.1) is 19.7 Å². The molecule has 0 aliphatic carbocycles. The van der Waals surface area contributed by atoms with Crippen LogP contribution < -0.4 is 0 Å². The first-order valence-corrected chi connectivity index (χ1v) is 7.01. The molecule has 0 aliphatic rings. The SMILES string of the molecule is Cc1ccc(C)c(CC(O)Cc2ccc(F)cc2Cl)c1. The Morgan fingerprint density at radius 1 is 1.05 bits per heavy atom. The maximum atomic E-state index is 13.0. The minimum atomic E-state index is -0.529. The molecule has 0 spiro atoms. The van der Waals surface area contributed by atoms with Crippen LogP contribution in [0.1, 0.15) is 22.3 Å². The Kier molecular flexibility index (Phi) is 4.79. The molecule has 0 amide bonds. The summed E-state index contributed by atoms with van der Waals surface area (Å²) in [5.74, 6) is -0.359. The summed E-state index contributed by atoms with van der Waals surface area (Å²) in [5.41, 5.74) is 4.25. The van der Waals surface area contributed by atoms with Gasteiger partial charge >= 0.3 is 0 Å². The second-order valence-electron chi connectivity index (χ2n) is 5.23. The summed E-state index contributed by atoms with van der Waals surface area (Å²) < 4.78 is 13.0. The largest absolute Gasteiger partial charge is 0.392 e. The van der Waals surface area contributed by atoms with Crippen molar-refractivity contribution in [2.24, 2.45) is 0 Å². The van der Waals surface area contributed by atoms with E-state index in [9.17, 15) is 9.50 Å². The second kappa shape index (κ2) is 6.38. The van der Waals surface area contributed by atoms with Crippen molar-refractivity contribution in [3.63, 3.8) is 0 Å². The summed E-state index contributed by atoms with van der Waals surface area (Å²) in [6.45, 7) is 4.07. The Bertz CT molecular complexity index is 610. The van der Waals surface area contributed by atoms with Gasteiger partial charge in [0.15, 0.2) is 0 Å². The Balaban J connectivity index is 2.08. The van der Waals surface area contributed by atoms with Crippen molar-refractivity contribution in [3.8, 4) is 0 Å². The Morgan fingerprint density at radius 2 is 1.75 bits per heavy atom. The molecule has 0 heterocycles. The van der Waals surface area contributed by atoms with Crippen molar-refractivity contribution in [3.05, 3.63) is 69.5 Å². The van der Waals surface area contributed by atoms with Crippen molar-refractivity contribution in [1.29, 1.82) is 0 Å². The van der Waals surface area contributed by atoms with E-state index in [-0.39, 0.29) is 5.82 Å². The zero-order valence-electron chi connectivity index (χ0n) is 11.7. The predicted molar refractivity (Wildman–Crippen MR) is 80.7 cm³/mol. The van der Waals surface area contributed by atoms with Gasteiger partial charge in [0.05, 0.1) is 6.10 Å². The lowest BCUT2D eigenvalue weighted by molar-refractivity contribution is 0.175. The van der Waals surface area contributed by atoms with Crippen molar-refractivity contribution in [1.82, 2.24) is 0 Å². The lowest BCUT2D eigenvalue weighted by Gasteiger charge is -2.14. The molecule has 0 radical (unpaired) electrons. The molecule has 0 saturated heterocycles. The van der Waals surface area contributed by atoms with Crippen molar-refractivity contribution >= 4 is 11.6 Å². The highest BCUT2D eigenvalue weighted by Crippen LogP contribution is 2.21. The van der Waals surface area contributed by atoms with Gasteiger partial charge in [-0.3, -0.25) is 0 Å². The minimum Gasteiger partial charge on any atom is -0.392 e. The fourth-order valence-electron chi connectivity index (χ4n) is 2.29. The van der Waals surface area contributed by atoms with E-state index in [1.165, 1.54) is 23.3 Å². The first kappa shape index (κ1) is 15.0. The van der Waals surface area contributed by atoms with Crippen LogP contribution in [0.15, 0.2) is 36.4 Å². The summed E-state index contributed by atoms with van der Waals surface area (Å²) >= 11 is 5.98. The van der Waals surface area contributed by atoms with Gasteiger partial charge in [-0.2, -0.15) is 0 Å². The molecule has 2 aromatic carbocycles. The minimum absolute atomic E-state index is 0.359. The standard InChI is InChI=1S/C17H18ClFO/c1-11-3-4-12(2)14(7-11)9-16(20)8-13-5-6-15(19)10-17(13)18/h3-7,10,16,20H,8-9H2,1-2H3. The normalized spacial score (nSPS) is 12.4. The molecule has 2 aromatic rings. The van der Waals surface area contributed by atoms with Crippen LogP contribution in [-0.4, -0.2) is 11.2 Å². The third-order valence-electron chi connectivity index (χ3n) is 3.43. The Morgan fingerprint density at radius 3 is 2.45 bits per heavy atom. The van der Waals surface area contributed by atoms with E-state index in [4.69, 9.17) is 11.6 Å². The van der Waals surface area contributed by atoms with Gasteiger partial charge in [0.2, 0.25) is 0 Å². The van der Waals surface area contributed by atoms with Gasteiger partial charge in [-0.1, -0.05) is 41.4 Å². The van der Waals surface area contributed by atoms with Crippen LogP contribution in [0.4, 0.5) is 4.39 Å². The molecule has 1 atom stereocenters. The molecule has 1 unspecified atom stereocenters. The summed E-state index contributed by atoms with van der Waals surface area (Å²) in [7, 11) is 0. The molecule has 0 saturated carbocycles. The van der Waals surface area contributed by atoms with Crippen molar-refractivity contribution < 1.29 is 9.50 Å². The number of halogens is 2. The maximum absolute atomic E-state index is 13.0. The van der Waals surface area contributed by atoms with Gasteiger partial charge < -0.3 is 5.11 Å². The van der Waals surface area contributed by atoms with E-state index >= 15 is 0 Å². The summed E-state index contributed by atoms with van der Waals surface area (Å²) in [6, 6.07) is 10.5. The molecule has 3 heteroatoms. The fraction of sp³-hybridized carbons (Fsp3) is 0.294. The van der Waals surface area contributed by atoms with E-state index in [0.717, 1.165) is 11.1 Å². The van der Waals surface area contributed by atoms with E-state index in [1.54, 1.807) is 6.07 Å². The number of aliphatic hydroxyl groups is 1. The van der Waals surface area contributed by atoms with E-state index < -0.39 is 6.10 Å². The highest BCUT2D eigenvalue weighted by atomic mass is 35.5. The van der Waals surface area contributed by atoms with Crippen LogP contribution in [-0.2, 0) is 12.8 Å². The molecule has 0 aliphatic heterocycles. The topological polar surface area (TPSA) is 20.2 Å². The number of hydrogen-bond acceptors (Lipinski definition) is 1. The number of rotatable bonds is 4. The average Bonchev–Trinajstić information content (AvgIpc) is 2.37. The van der Waals surface area contributed by atoms with Gasteiger partial charge in [-0.25, -0.2) is 4.39 Å². The lowest BCUT2D eigenvalue weighted by atomic mass is 9.97. The summed E-state index contributed by atoms with van der Waals surface area (Å²) in [5, 5.41) is 10.6. The highest BCUT2D eigenvalue weighted by molar-refractivity contribution is 6.31. The van der Waals surface area contributed by atoms with Gasteiger partial charge in [0.1, 0.15) is 5.82 Å². The Hall–Kier alpha value is -1.38. The molecular weight excluding hydrogens is 275 g/mol. The van der Waals surface area contributed by atoms with Gasteiger partial charge in [-0.15, -0.1) is 0 Å². The molecule has 106 valence electrons. The first-order valence-electron chi connectivity index (χ1n) is 6.64. The third-order valence-corrected chi connectivity index (χ3v) is 3.78.